The average molecular weight is 347 g/mol. The molecule has 7 heteroatoms. The molecule has 2 aliphatic heterocycles. The maximum absolute atomic E-state index is 12.6. The third-order valence-electron chi connectivity index (χ3n) is 5.10. The fourth-order valence-corrected chi connectivity index (χ4v) is 3.60. The van der Waals surface area contributed by atoms with E-state index in [9.17, 15) is 4.79 Å². The molecule has 2 saturated heterocycles. The zero-order valence-electron chi connectivity index (χ0n) is 12.6. The molecule has 3 aliphatic rings. The van der Waals surface area contributed by atoms with E-state index in [1.165, 1.54) is 12.8 Å². The number of aromatic nitrogens is 2. The summed E-state index contributed by atoms with van der Waals surface area (Å²) in [4.78, 5) is 22.2. The van der Waals surface area contributed by atoms with Crippen LogP contribution in [0, 0.1) is 11.8 Å². The number of hydrogen-bond donors (Lipinski definition) is 2. The summed E-state index contributed by atoms with van der Waals surface area (Å²) in [5.41, 5.74) is 0.678. The molecular weight excluding hydrogens is 323 g/mol. The van der Waals surface area contributed by atoms with Gasteiger partial charge in [0.1, 0.15) is 11.5 Å². The molecule has 0 unspecified atom stereocenters. The molecule has 0 radical (unpaired) electrons. The molecule has 2 N–H and O–H groups in total. The van der Waals surface area contributed by atoms with E-state index in [1.807, 2.05) is 4.90 Å². The molecule has 4 rings (SSSR count). The van der Waals surface area contributed by atoms with Crippen LogP contribution in [0.15, 0.2) is 6.20 Å². The second-order valence-electron chi connectivity index (χ2n) is 6.50. The number of nitrogens with zero attached hydrogens (tertiary/aromatic N) is 2. The van der Waals surface area contributed by atoms with E-state index in [4.69, 9.17) is 0 Å². The van der Waals surface area contributed by atoms with Crippen molar-refractivity contribution >= 4 is 30.7 Å². The molecule has 22 heavy (non-hydrogen) atoms. The Morgan fingerprint density at radius 3 is 2.32 bits per heavy atom. The van der Waals surface area contributed by atoms with Crippen LogP contribution >= 0.6 is 24.8 Å². The molecule has 0 spiro atoms. The number of H-pyrrole nitrogens is 1. The molecular formula is C15H24Cl2N4O. The molecule has 1 amide bonds. The smallest absolute Gasteiger partial charge is 0.271 e. The van der Waals surface area contributed by atoms with Crippen molar-refractivity contribution in [2.24, 2.45) is 11.8 Å². The first-order chi connectivity index (χ1) is 9.81. The highest BCUT2D eigenvalue weighted by atomic mass is 35.5. The Morgan fingerprint density at radius 2 is 1.73 bits per heavy atom. The molecule has 5 nitrogen and oxygen atoms in total. The van der Waals surface area contributed by atoms with Crippen LogP contribution in [0.2, 0.25) is 0 Å². The van der Waals surface area contributed by atoms with Crippen molar-refractivity contribution in [3.8, 4) is 0 Å². The zero-order valence-corrected chi connectivity index (χ0v) is 14.2. The van der Waals surface area contributed by atoms with Crippen LogP contribution in [0.3, 0.4) is 0 Å². The molecule has 1 aromatic heterocycles. The van der Waals surface area contributed by atoms with Gasteiger partial charge < -0.3 is 15.2 Å². The Hall–Kier alpha value is -0.780. The summed E-state index contributed by atoms with van der Waals surface area (Å²) in [7, 11) is 0. The lowest BCUT2D eigenvalue weighted by Crippen LogP contribution is -2.33. The Bertz CT molecular complexity index is 503. The fraction of sp³-hybridized carbons (Fsp3) is 0.733. The van der Waals surface area contributed by atoms with Gasteiger partial charge in [0, 0.05) is 19.0 Å². The van der Waals surface area contributed by atoms with E-state index < -0.39 is 0 Å². The maximum atomic E-state index is 12.6. The minimum atomic E-state index is 0. The third-order valence-corrected chi connectivity index (χ3v) is 5.10. The summed E-state index contributed by atoms with van der Waals surface area (Å²) >= 11 is 0. The molecule has 0 bridgehead atoms. The zero-order chi connectivity index (χ0) is 13.5. The molecule has 124 valence electrons. The molecule has 2 atom stereocenters. The van der Waals surface area contributed by atoms with Crippen molar-refractivity contribution in [1.82, 2.24) is 20.2 Å². The van der Waals surface area contributed by atoms with Crippen LogP contribution in [0.4, 0.5) is 0 Å². The number of carbonyl (C=O) groups excluding carboxylic acids is 1. The summed E-state index contributed by atoms with van der Waals surface area (Å²) in [6.45, 7) is 4.03. The van der Waals surface area contributed by atoms with Crippen molar-refractivity contribution in [2.75, 3.05) is 26.2 Å². The number of likely N-dealkylation sites (tertiary alicyclic amines) is 1. The highest BCUT2D eigenvalue weighted by Gasteiger charge is 2.32. The highest BCUT2D eigenvalue weighted by Crippen LogP contribution is 2.38. The number of rotatable bonds is 2. The first-order valence-corrected chi connectivity index (χ1v) is 7.86. The van der Waals surface area contributed by atoms with Gasteiger partial charge in [-0.25, -0.2) is 4.98 Å². The van der Waals surface area contributed by atoms with E-state index >= 15 is 0 Å². The highest BCUT2D eigenvalue weighted by molar-refractivity contribution is 5.92. The van der Waals surface area contributed by atoms with Crippen LogP contribution in [-0.2, 0) is 0 Å². The maximum Gasteiger partial charge on any atom is 0.271 e. The number of fused-ring (bicyclic) bond motifs is 1. The van der Waals surface area contributed by atoms with Crippen LogP contribution < -0.4 is 5.32 Å². The summed E-state index contributed by atoms with van der Waals surface area (Å²) < 4.78 is 0. The van der Waals surface area contributed by atoms with Gasteiger partial charge in [-0.1, -0.05) is 0 Å². The summed E-state index contributed by atoms with van der Waals surface area (Å²) in [5, 5.41) is 3.47. The van der Waals surface area contributed by atoms with Crippen molar-refractivity contribution in [3.05, 3.63) is 17.7 Å². The van der Waals surface area contributed by atoms with Crippen molar-refractivity contribution in [3.63, 3.8) is 0 Å². The van der Waals surface area contributed by atoms with Crippen molar-refractivity contribution in [1.29, 1.82) is 0 Å². The van der Waals surface area contributed by atoms with Crippen molar-refractivity contribution < 1.29 is 4.79 Å². The molecule has 3 fully saturated rings. The lowest BCUT2D eigenvalue weighted by Gasteiger charge is -2.19. The number of hydrogen-bond acceptors (Lipinski definition) is 3. The Kier molecular flexibility index (Phi) is 5.75. The Balaban J connectivity index is 0.000000882. The normalized spacial score (nSPS) is 27.4. The number of nitrogens with one attached hydrogen (secondary N) is 2. The van der Waals surface area contributed by atoms with Crippen LogP contribution in [0.25, 0.3) is 0 Å². The van der Waals surface area contributed by atoms with Gasteiger partial charge in [0.15, 0.2) is 0 Å². The Labute approximate surface area is 143 Å². The quantitative estimate of drug-likeness (QED) is 0.862. The van der Waals surface area contributed by atoms with E-state index in [0.29, 0.717) is 11.6 Å². The monoisotopic (exact) mass is 346 g/mol. The molecule has 3 heterocycles. The second-order valence-corrected chi connectivity index (χ2v) is 6.50. The van der Waals surface area contributed by atoms with E-state index in [0.717, 1.165) is 56.7 Å². The van der Waals surface area contributed by atoms with Gasteiger partial charge in [0.05, 0.1) is 6.20 Å². The lowest BCUT2D eigenvalue weighted by atomic mass is 9.92. The Morgan fingerprint density at radius 1 is 1.09 bits per heavy atom. The van der Waals surface area contributed by atoms with Crippen molar-refractivity contribution in [2.45, 2.75) is 31.6 Å². The van der Waals surface area contributed by atoms with Gasteiger partial charge in [-0.2, -0.15) is 0 Å². The van der Waals surface area contributed by atoms with E-state index in [2.05, 4.69) is 15.3 Å². The van der Waals surface area contributed by atoms with Gasteiger partial charge in [-0.3, -0.25) is 4.79 Å². The predicted octanol–water partition coefficient (Wildman–Crippen LogP) is 2.20. The summed E-state index contributed by atoms with van der Waals surface area (Å²) in [6.07, 6.45) is 6.41. The summed E-state index contributed by atoms with van der Waals surface area (Å²) in [5.74, 6) is 3.24. The average Bonchev–Trinajstić information content (AvgIpc) is 3.09. The first-order valence-electron chi connectivity index (χ1n) is 7.86. The van der Waals surface area contributed by atoms with Crippen LogP contribution in [0.1, 0.15) is 47.9 Å². The fourth-order valence-electron chi connectivity index (χ4n) is 3.60. The van der Waals surface area contributed by atoms with Gasteiger partial charge in [0.2, 0.25) is 0 Å². The second kappa shape index (κ2) is 7.20. The molecule has 0 aromatic carbocycles. The van der Waals surface area contributed by atoms with Crippen LogP contribution in [0.5, 0.6) is 0 Å². The first kappa shape index (κ1) is 17.6. The van der Waals surface area contributed by atoms with E-state index in [-0.39, 0.29) is 30.7 Å². The van der Waals surface area contributed by atoms with E-state index in [1.54, 1.807) is 6.20 Å². The third kappa shape index (κ3) is 3.42. The molecule has 1 saturated carbocycles. The largest absolute Gasteiger partial charge is 0.338 e. The topological polar surface area (TPSA) is 61.0 Å². The molecule has 1 aliphatic carbocycles. The number of halogens is 2. The standard InChI is InChI=1S/C15H22N4O.2ClH/c20-15(13-9-17-14(18-13)10-1-2-10)19-5-3-11-7-16-8-12(11)4-6-19;;/h9-12,16H,1-8H2,(H,17,18);2*1H/t11-,12+;;. The van der Waals surface area contributed by atoms with Crippen LogP contribution in [-0.4, -0.2) is 47.0 Å². The van der Waals surface area contributed by atoms with Gasteiger partial charge in [-0.05, 0) is 50.6 Å². The minimum Gasteiger partial charge on any atom is -0.338 e. The number of carbonyl (C=O) groups is 1. The SMILES string of the molecule is Cl.Cl.O=C(c1cnc(C2CC2)[nH]1)N1CC[C@@H]2CNC[C@@H]2CC1. The van der Waals surface area contributed by atoms with Gasteiger partial charge in [-0.15, -0.1) is 24.8 Å². The molecule has 1 aromatic rings. The summed E-state index contributed by atoms with van der Waals surface area (Å²) in [6, 6.07) is 0. The number of amides is 1. The number of aromatic amines is 1. The minimum absolute atomic E-state index is 0. The predicted molar refractivity (Wildman–Crippen MR) is 90.0 cm³/mol. The number of imidazole rings is 1. The van der Waals surface area contributed by atoms with Gasteiger partial charge >= 0.3 is 0 Å². The lowest BCUT2D eigenvalue weighted by molar-refractivity contribution is 0.0753. The van der Waals surface area contributed by atoms with Gasteiger partial charge in [0.25, 0.3) is 5.91 Å².